The summed E-state index contributed by atoms with van der Waals surface area (Å²) in [4.78, 5) is 2.62. The van der Waals surface area contributed by atoms with E-state index in [1.807, 2.05) is 6.92 Å². The van der Waals surface area contributed by atoms with Crippen molar-refractivity contribution in [2.45, 2.75) is 57.3 Å². The molecule has 4 fully saturated rings. The van der Waals surface area contributed by atoms with Crippen LogP contribution in [0.25, 0.3) is 0 Å². The Morgan fingerprint density at radius 1 is 1.15 bits per heavy atom. The third-order valence-corrected chi connectivity index (χ3v) is 5.70. The standard InChI is InChI=1S/C15H25F3N2/c1-10(19-9-15(16,17)18)8-12-2-3-13-11-4-6-20(7-5-11)14(12)13/h10-14,19H,2-9H2,1H3. The first kappa shape index (κ1) is 14.6. The van der Waals surface area contributed by atoms with Crippen molar-refractivity contribution in [2.75, 3.05) is 19.6 Å². The van der Waals surface area contributed by atoms with Crippen LogP contribution in [0.15, 0.2) is 0 Å². The number of nitrogens with zero attached hydrogens (tertiary/aromatic N) is 1. The highest BCUT2D eigenvalue weighted by Crippen LogP contribution is 2.49. The van der Waals surface area contributed by atoms with Crippen LogP contribution in [0.1, 0.15) is 39.0 Å². The number of alkyl halides is 3. The van der Waals surface area contributed by atoms with Crippen molar-refractivity contribution in [1.82, 2.24) is 10.2 Å². The molecule has 4 atom stereocenters. The molecule has 5 heteroatoms. The van der Waals surface area contributed by atoms with Gasteiger partial charge in [-0.1, -0.05) is 0 Å². The molecule has 0 radical (unpaired) electrons. The highest BCUT2D eigenvalue weighted by molar-refractivity contribution is 5.02. The van der Waals surface area contributed by atoms with E-state index in [-0.39, 0.29) is 6.04 Å². The van der Waals surface area contributed by atoms with Gasteiger partial charge in [0.1, 0.15) is 0 Å². The highest BCUT2D eigenvalue weighted by atomic mass is 19.4. The molecule has 20 heavy (non-hydrogen) atoms. The molecular formula is C15H25F3N2. The van der Waals surface area contributed by atoms with E-state index in [0.29, 0.717) is 12.0 Å². The van der Waals surface area contributed by atoms with Crippen LogP contribution in [0.2, 0.25) is 0 Å². The predicted octanol–water partition coefficient (Wildman–Crippen LogP) is 3.04. The molecule has 4 aliphatic rings. The van der Waals surface area contributed by atoms with Gasteiger partial charge in [-0.05, 0) is 69.9 Å². The fourth-order valence-corrected chi connectivity index (χ4v) is 4.91. The summed E-state index contributed by atoms with van der Waals surface area (Å²) in [7, 11) is 0. The average Bonchev–Trinajstić information content (AvgIpc) is 2.83. The summed E-state index contributed by atoms with van der Waals surface area (Å²) < 4.78 is 36.7. The second-order valence-corrected chi connectivity index (χ2v) is 7.00. The van der Waals surface area contributed by atoms with Crippen LogP contribution in [0.3, 0.4) is 0 Å². The van der Waals surface area contributed by atoms with E-state index < -0.39 is 12.7 Å². The quantitative estimate of drug-likeness (QED) is 0.856. The minimum Gasteiger partial charge on any atom is -0.306 e. The van der Waals surface area contributed by atoms with Crippen molar-refractivity contribution in [3.05, 3.63) is 0 Å². The normalized spacial score (nSPS) is 41.7. The molecule has 1 N–H and O–H groups in total. The van der Waals surface area contributed by atoms with Crippen LogP contribution in [0.4, 0.5) is 13.2 Å². The minimum atomic E-state index is -4.10. The van der Waals surface area contributed by atoms with Gasteiger partial charge in [0, 0.05) is 12.1 Å². The van der Waals surface area contributed by atoms with Gasteiger partial charge in [-0.2, -0.15) is 13.2 Å². The van der Waals surface area contributed by atoms with E-state index in [9.17, 15) is 13.2 Å². The summed E-state index contributed by atoms with van der Waals surface area (Å²) in [6, 6.07) is 0.625. The first-order valence-electron chi connectivity index (χ1n) is 7.98. The lowest BCUT2D eigenvalue weighted by atomic mass is 9.73. The number of halogens is 3. The van der Waals surface area contributed by atoms with Gasteiger partial charge in [-0.25, -0.2) is 0 Å². The number of nitrogens with one attached hydrogen (secondary N) is 1. The van der Waals surface area contributed by atoms with Crippen molar-refractivity contribution < 1.29 is 13.2 Å². The van der Waals surface area contributed by atoms with Crippen LogP contribution in [-0.4, -0.2) is 42.8 Å². The maximum Gasteiger partial charge on any atom is 0.401 e. The molecule has 2 bridgehead atoms. The fraction of sp³-hybridized carbons (Fsp3) is 1.00. The van der Waals surface area contributed by atoms with Gasteiger partial charge < -0.3 is 5.32 Å². The molecule has 0 aromatic rings. The molecular weight excluding hydrogens is 265 g/mol. The molecule has 3 heterocycles. The topological polar surface area (TPSA) is 15.3 Å². The summed E-state index contributed by atoms with van der Waals surface area (Å²) in [6.07, 6.45) is 1.98. The summed E-state index contributed by atoms with van der Waals surface area (Å²) in [5.74, 6) is 2.32. The lowest BCUT2D eigenvalue weighted by Crippen LogP contribution is -2.55. The summed E-state index contributed by atoms with van der Waals surface area (Å²) in [5.41, 5.74) is 0. The molecule has 4 unspecified atom stereocenters. The first-order valence-corrected chi connectivity index (χ1v) is 7.98. The molecule has 4 rings (SSSR count). The molecule has 3 aliphatic heterocycles. The van der Waals surface area contributed by atoms with Gasteiger partial charge in [0.25, 0.3) is 0 Å². The van der Waals surface area contributed by atoms with Crippen LogP contribution in [0.5, 0.6) is 0 Å². The second kappa shape index (κ2) is 5.48. The Labute approximate surface area is 119 Å². The monoisotopic (exact) mass is 290 g/mol. The summed E-state index contributed by atoms with van der Waals surface area (Å²) in [6.45, 7) is 3.47. The predicted molar refractivity (Wildman–Crippen MR) is 72.4 cm³/mol. The molecule has 3 saturated heterocycles. The second-order valence-electron chi connectivity index (χ2n) is 7.00. The third kappa shape index (κ3) is 2.98. The van der Waals surface area contributed by atoms with E-state index in [2.05, 4.69) is 10.2 Å². The third-order valence-electron chi connectivity index (χ3n) is 5.70. The molecule has 0 aromatic carbocycles. The number of fused-ring (bicyclic) bond motifs is 2. The zero-order valence-electron chi connectivity index (χ0n) is 12.1. The van der Waals surface area contributed by atoms with Gasteiger partial charge in [0.05, 0.1) is 6.54 Å². The molecule has 0 aromatic heterocycles. The number of hydrogen-bond acceptors (Lipinski definition) is 2. The Hall–Kier alpha value is -0.290. The van der Waals surface area contributed by atoms with Crippen molar-refractivity contribution in [3.63, 3.8) is 0 Å². The smallest absolute Gasteiger partial charge is 0.306 e. The van der Waals surface area contributed by atoms with Gasteiger partial charge in [0.2, 0.25) is 0 Å². The largest absolute Gasteiger partial charge is 0.401 e. The molecule has 0 spiro atoms. The molecule has 1 aliphatic carbocycles. The van der Waals surface area contributed by atoms with Crippen LogP contribution >= 0.6 is 0 Å². The Morgan fingerprint density at radius 2 is 1.85 bits per heavy atom. The van der Waals surface area contributed by atoms with Gasteiger partial charge in [0.15, 0.2) is 0 Å². The lowest BCUT2D eigenvalue weighted by molar-refractivity contribution is -0.126. The van der Waals surface area contributed by atoms with E-state index in [1.165, 1.54) is 38.8 Å². The minimum absolute atomic E-state index is 0.0398. The van der Waals surface area contributed by atoms with E-state index >= 15 is 0 Å². The molecule has 1 saturated carbocycles. The Balaban J connectivity index is 1.53. The van der Waals surface area contributed by atoms with Crippen LogP contribution < -0.4 is 5.32 Å². The Morgan fingerprint density at radius 3 is 2.50 bits per heavy atom. The highest BCUT2D eigenvalue weighted by Gasteiger charge is 2.49. The zero-order chi connectivity index (χ0) is 14.3. The van der Waals surface area contributed by atoms with Crippen molar-refractivity contribution in [1.29, 1.82) is 0 Å². The lowest BCUT2D eigenvalue weighted by Gasteiger charge is -2.50. The van der Waals surface area contributed by atoms with E-state index in [0.717, 1.165) is 18.3 Å². The molecule has 2 nitrogen and oxygen atoms in total. The number of hydrogen-bond donors (Lipinski definition) is 1. The van der Waals surface area contributed by atoms with Crippen molar-refractivity contribution in [3.8, 4) is 0 Å². The van der Waals surface area contributed by atoms with Gasteiger partial charge in [-0.3, -0.25) is 4.90 Å². The number of piperidine rings is 3. The van der Waals surface area contributed by atoms with Crippen LogP contribution in [0, 0.1) is 17.8 Å². The average molecular weight is 290 g/mol. The van der Waals surface area contributed by atoms with Crippen molar-refractivity contribution in [2.24, 2.45) is 17.8 Å². The van der Waals surface area contributed by atoms with E-state index in [4.69, 9.17) is 0 Å². The maximum absolute atomic E-state index is 12.2. The van der Waals surface area contributed by atoms with Crippen molar-refractivity contribution >= 4 is 0 Å². The first-order chi connectivity index (χ1) is 9.44. The Kier molecular flexibility index (Phi) is 4.01. The Bertz CT molecular complexity index is 337. The summed E-state index contributed by atoms with van der Waals surface area (Å²) in [5, 5.41) is 2.65. The van der Waals surface area contributed by atoms with Gasteiger partial charge >= 0.3 is 6.18 Å². The van der Waals surface area contributed by atoms with E-state index in [1.54, 1.807) is 0 Å². The molecule has 116 valence electrons. The summed E-state index contributed by atoms with van der Waals surface area (Å²) >= 11 is 0. The SMILES string of the molecule is CC(CC1CCC2C3CCN(CC3)C12)NCC(F)(F)F. The fourth-order valence-electron chi connectivity index (χ4n) is 4.91. The van der Waals surface area contributed by atoms with Gasteiger partial charge in [-0.15, -0.1) is 0 Å². The maximum atomic E-state index is 12.2. The molecule has 0 amide bonds. The van der Waals surface area contributed by atoms with Crippen LogP contribution in [-0.2, 0) is 0 Å². The number of rotatable bonds is 4. The zero-order valence-corrected chi connectivity index (χ0v) is 12.1.